The molecule has 0 saturated heterocycles. The van der Waals surface area contributed by atoms with Gasteiger partial charge in [0.2, 0.25) is 0 Å². The zero-order chi connectivity index (χ0) is 13.5. The Morgan fingerprint density at radius 1 is 1.00 bits per heavy atom. The molecule has 0 amide bonds. The molecular formula is C16H30S. The molecule has 0 aliphatic heterocycles. The molecule has 0 radical (unpaired) electrons. The van der Waals surface area contributed by atoms with Gasteiger partial charge in [0.05, 0.1) is 0 Å². The Morgan fingerprint density at radius 3 is 2.00 bits per heavy atom. The second-order valence-corrected chi connectivity index (χ2v) is 7.61. The molecule has 0 spiro atoms. The van der Waals surface area contributed by atoms with Crippen molar-refractivity contribution in [2.24, 2.45) is 10.8 Å². The van der Waals surface area contributed by atoms with Gasteiger partial charge in [0.15, 0.2) is 0 Å². The van der Waals surface area contributed by atoms with E-state index in [-0.39, 0.29) is 5.41 Å². The van der Waals surface area contributed by atoms with E-state index >= 15 is 0 Å². The third-order valence-electron chi connectivity index (χ3n) is 2.79. The van der Waals surface area contributed by atoms with Gasteiger partial charge in [-0.2, -0.15) is 0 Å². The molecule has 0 aromatic rings. The number of hydrogen-bond acceptors (Lipinski definition) is 1. The quantitative estimate of drug-likeness (QED) is 0.538. The van der Waals surface area contributed by atoms with Crippen molar-refractivity contribution in [2.75, 3.05) is 6.26 Å². The Morgan fingerprint density at radius 2 is 1.59 bits per heavy atom. The molecule has 0 bridgehead atoms. The smallest absolute Gasteiger partial charge is 0.0125 e. The minimum atomic E-state index is 0.289. The molecule has 1 heteroatoms. The van der Waals surface area contributed by atoms with Gasteiger partial charge in [-0.15, -0.1) is 11.8 Å². The second-order valence-electron chi connectivity index (χ2n) is 6.90. The van der Waals surface area contributed by atoms with Crippen LogP contribution in [-0.4, -0.2) is 6.26 Å². The average Bonchev–Trinajstić information content (AvgIpc) is 2.12. The van der Waals surface area contributed by atoms with Gasteiger partial charge in [0.25, 0.3) is 0 Å². The first-order valence-electron chi connectivity index (χ1n) is 6.54. The van der Waals surface area contributed by atoms with Gasteiger partial charge in [-0.05, 0) is 41.8 Å². The number of rotatable bonds is 5. The van der Waals surface area contributed by atoms with Crippen LogP contribution in [0.4, 0.5) is 0 Å². The predicted octanol–water partition coefficient (Wildman–Crippen LogP) is 6.05. The highest BCUT2D eigenvalue weighted by Crippen LogP contribution is 2.30. The molecule has 0 rings (SSSR count). The monoisotopic (exact) mass is 254 g/mol. The van der Waals surface area contributed by atoms with Crippen LogP contribution in [0.2, 0.25) is 0 Å². The summed E-state index contributed by atoms with van der Waals surface area (Å²) in [5.41, 5.74) is 2.26. The fourth-order valence-corrected chi connectivity index (χ4v) is 2.25. The molecule has 0 aliphatic carbocycles. The van der Waals surface area contributed by atoms with Crippen LogP contribution in [0.5, 0.6) is 0 Å². The maximum atomic E-state index is 2.34. The number of hydrogen-bond donors (Lipinski definition) is 0. The fraction of sp³-hybridized carbons (Fsp3) is 0.750. The highest BCUT2D eigenvalue weighted by molar-refractivity contribution is 8.01. The number of thioether (sulfide) groups is 1. The summed E-state index contributed by atoms with van der Waals surface area (Å²) in [5, 5.41) is 2.30. The third-order valence-corrected chi connectivity index (χ3v) is 3.31. The SMILES string of the molecule is CS/C=C(\C/C=C\CCC(C)(C)C)C(C)(C)C. The lowest BCUT2D eigenvalue weighted by molar-refractivity contribution is 0.381. The summed E-state index contributed by atoms with van der Waals surface area (Å²) in [5.74, 6) is 0. The summed E-state index contributed by atoms with van der Waals surface area (Å²) in [7, 11) is 0. The summed E-state index contributed by atoms with van der Waals surface area (Å²) < 4.78 is 0. The summed E-state index contributed by atoms with van der Waals surface area (Å²) in [6.45, 7) is 13.8. The Hall–Kier alpha value is -0.170. The van der Waals surface area contributed by atoms with Gasteiger partial charge in [0.1, 0.15) is 0 Å². The first kappa shape index (κ1) is 16.8. The Balaban J connectivity index is 4.16. The van der Waals surface area contributed by atoms with E-state index in [1.165, 1.54) is 18.4 Å². The van der Waals surface area contributed by atoms with Crippen LogP contribution in [-0.2, 0) is 0 Å². The minimum Gasteiger partial charge on any atom is -0.138 e. The van der Waals surface area contributed by atoms with E-state index < -0.39 is 0 Å². The van der Waals surface area contributed by atoms with E-state index in [4.69, 9.17) is 0 Å². The van der Waals surface area contributed by atoms with E-state index in [0.717, 1.165) is 6.42 Å². The molecule has 0 unspecified atom stereocenters. The van der Waals surface area contributed by atoms with Gasteiger partial charge in [-0.25, -0.2) is 0 Å². The summed E-state index contributed by atoms with van der Waals surface area (Å²) in [6.07, 6.45) is 10.4. The first-order chi connectivity index (χ1) is 7.67. The van der Waals surface area contributed by atoms with Crippen LogP contribution in [0, 0.1) is 10.8 Å². The van der Waals surface area contributed by atoms with E-state index in [1.807, 2.05) is 11.8 Å². The average molecular weight is 254 g/mol. The standard InChI is InChI=1S/C16H30S/c1-15(2,3)12-10-8-9-11-14(13-17-7)16(4,5)6/h8-9,13H,10-12H2,1-7H3/b9-8-,14-13+. The molecule has 17 heavy (non-hydrogen) atoms. The molecule has 0 aromatic carbocycles. The molecule has 0 saturated carbocycles. The molecule has 0 heterocycles. The molecule has 0 N–H and O–H groups in total. The van der Waals surface area contributed by atoms with Crippen molar-refractivity contribution < 1.29 is 0 Å². The van der Waals surface area contributed by atoms with Crippen LogP contribution in [0.1, 0.15) is 60.8 Å². The van der Waals surface area contributed by atoms with Crippen LogP contribution in [0.3, 0.4) is 0 Å². The molecule has 100 valence electrons. The molecule has 0 aromatic heterocycles. The molecule has 0 fully saturated rings. The third kappa shape index (κ3) is 9.52. The highest BCUT2D eigenvalue weighted by Gasteiger charge is 2.15. The molecular weight excluding hydrogens is 224 g/mol. The van der Waals surface area contributed by atoms with Crippen LogP contribution >= 0.6 is 11.8 Å². The maximum Gasteiger partial charge on any atom is -0.0125 e. The van der Waals surface area contributed by atoms with Gasteiger partial charge in [0, 0.05) is 0 Å². The predicted molar refractivity (Wildman–Crippen MR) is 83.5 cm³/mol. The van der Waals surface area contributed by atoms with Crippen molar-refractivity contribution in [3.8, 4) is 0 Å². The Bertz CT molecular complexity index is 258. The Kier molecular flexibility index (Phi) is 7.23. The number of allylic oxidation sites excluding steroid dienone is 3. The van der Waals surface area contributed by atoms with E-state index in [1.54, 1.807) is 0 Å². The fourth-order valence-electron chi connectivity index (χ4n) is 1.52. The Labute approximate surface area is 113 Å². The second kappa shape index (κ2) is 7.31. The lowest BCUT2D eigenvalue weighted by Crippen LogP contribution is -2.08. The van der Waals surface area contributed by atoms with Crippen molar-refractivity contribution in [2.45, 2.75) is 60.8 Å². The van der Waals surface area contributed by atoms with Gasteiger partial charge >= 0.3 is 0 Å². The highest BCUT2D eigenvalue weighted by atomic mass is 32.2. The zero-order valence-electron chi connectivity index (χ0n) is 12.8. The first-order valence-corrected chi connectivity index (χ1v) is 7.83. The van der Waals surface area contributed by atoms with Crippen LogP contribution < -0.4 is 0 Å². The van der Waals surface area contributed by atoms with E-state index in [0.29, 0.717) is 5.41 Å². The van der Waals surface area contributed by atoms with Gasteiger partial charge in [-0.3, -0.25) is 0 Å². The zero-order valence-corrected chi connectivity index (χ0v) is 13.6. The van der Waals surface area contributed by atoms with Crippen molar-refractivity contribution in [1.82, 2.24) is 0 Å². The largest absolute Gasteiger partial charge is 0.138 e. The minimum absolute atomic E-state index is 0.289. The summed E-state index contributed by atoms with van der Waals surface area (Å²) in [4.78, 5) is 0. The van der Waals surface area contributed by atoms with Gasteiger partial charge in [-0.1, -0.05) is 59.3 Å². The van der Waals surface area contributed by atoms with Crippen molar-refractivity contribution >= 4 is 11.8 Å². The summed E-state index contributed by atoms with van der Waals surface area (Å²) >= 11 is 1.81. The van der Waals surface area contributed by atoms with Crippen molar-refractivity contribution in [1.29, 1.82) is 0 Å². The normalized spacial score (nSPS) is 14.6. The molecule has 0 nitrogen and oxygen atoms in total. The van der Waals surface area contributed by atoms with Crippen LogP contribution in [0.15, 0.2) is 23.1 Å². The van der Waals surface area contributed by atoms with Gasteiger partial charge < -0.3 is 0 Å². The maximum absolute atomic E-state index is 2.34. The molecule has 0 aliphatic rings. The summed E-state index contributed by atoms with van der Waals surface area (Å²) in [6, 6.07) is 0. The van der Waals surface area contributed by atoms with E-state index in [9.17, 15) is 0 Å². The lowest BCUT2D eigenvalue weighted by Gasteiger charge is -2.22. The van der Waals surface area contributed by atoms with Crippen LogP contribution in [0.25, 0.3) is 0 Å². The van der Waals surface area contributed by atoms with Crippen molar-refractivity contribution in [3.05, 3.63) is 23.1 Å². The molecule has 0 atom stereocenters. The van der Waals surface area contributed by atoms with E-state index in [2.05, 4.69) is 65.4 Å². The van der Waals surface area contributed by atoms with Crippen molar-refractivity contribution in [3.63, 3.8) is 0 Å². The topological polar surface area (TPSA) is 0 Å². The lowest BCUT2D eigenvalue weighted by atomic mass is 9.85.